The van der Waals surface area contributed by atoms with Gasteiger partial charge in [-0.05, 0) is 31.0 Å². The second-order valence-electron chi connectivity index (χ2n) is 6.93. The van der Waals surface area contributed by atoms with Gasteiger partial charge in [0.05, 0.1) is 38.9 Å². The Hall–Kier alpha value is -3.62. The molecule has 1 aromatic carbocycles. The largest absolute Gasteiger partial charge is 0.497 e. The molecule has 2 aromatic heterocycles. The Morgan fingerprint density at radius 3 is 2.87 bits per heavy atom. The van der Waals surface area contributed by atoms with Gasteiger partial charge in [-0.3, -0.25) is 14.9 Å². The molecule has 1 aliphatic rings. The summed E-state index contributed by atoms with van der Waals surface area (Å²) in [7, 11) is 3.14. The average Bonchev–Trinajstić information content (AvgIpc) is 3.29. The van der Waals surface area contributed by atoms with E-state index in [1.54, 1.807) is 24.3 Å². The Morgan fingerprint density at radius 2 is 2.03 bits per heavy atom. The molecule has 0 radical (unpaired) electrons. The minimum absolute atomic E-state index is 0.110. The van der Waals surface area contributed by atoms with Crippen LogP contribution in [0.5, 0.6) is 17.5 Å². The van der Waals surface area contributed by atoms with Gasteiger partial charge in [-0.1, -0.05) is 12.1 Å². The summed E-state index contributed by atoms with van der Waals surface area (Å²) in [5, 5.41) is 7.15. The van der Waals surface area contributed by atoms with Crippen molar-refractivity contribution in [2.45, 2.75) is 18.9 Å². The number of H-pyrrole nitrogens is 1. The van der Waals surface area contributed by atoms with Gasteiger partial charge in [0.15, 0.2) is 0 Å². The van der Waals surface area contributed by atoms with Crippen LogP contribution in [0.4, 0.5) is 0 Å². The molecule has 0 saturated carbocycles. The van der Waals surface area contributed by atoms with E-state index in [0.717, 1.165) is 24.2 Å². The molecular weight excluding hydrogens is 386 g/mol. The van der Waals surface area contributed by atoms with Crippen molar-refractivity contribution in [1.29, 1.82) is 0 Å². The quantitative estimate of drug-likeness (QED) is 0.667. The molecular formula is C21H23N5O4. The van der Waals surface area contributed by atoms with Crippen molar-refractivity contribution in [1.82, 2.24) is 25.1 Å². The molecule has 30 heavy (non-hydrogen) atoms. The van der Waals surface area contributed by atoms with Crippen LogP contribution in [0.15, 0.2) is 42.7 Å². The zero-order valence-electron chi connectivity index (χ0n) is 16.9. The molecule has 1 saturated heterocycles. The summed E-state index contributed by atoms with van der Waals surface area (Å²) in [5.41, 5.74) is 2.00. The number of piperidine rings is 1. The van der Waals surface area contributed by atoms with Crippen molar-refractivity contribution in [3.63, 3.8) is 0 Å². The van der Waals surface area contributed by atoms with Gasteiger partial charge in [0, 0.05) is 12.1 Å². The molecule has 1 amide bonds. The molecule has 9 heteroatoms. The summed E-state index contributed by atoms with van der Waals surface area (Å²) >= 11 is 0. The van der Waals surface area contributed by atoms with Crippen molar-refractivity contribution in [2.24, 2.45) is 0 Å². The first-order chi connectivity index (χ1) is 14.7. The molecule has 1 aliphatic heterocycles. The van der Waals surface area contributed by atoms with Crippen LogP contribution in [-0.2, 0) is 0 Å². The van der Waals surface area contributed by atoms with E-state index < -0.39 is 0 Å². The highest BCUT2D eigenvalue weighted by atomic mass is 16.5. The number of benzene rings is 1. The Kier molecular flexibility index (Phi) is 5.78. The standard InChI is InChI=1S/C21H23N5O4/c1-28-15-6-3-5-14(9-15)17-10-18(25-24-17)21(27)26-8-4-7-16(13-26)30-20-12-22-11-19(23-20)29-2/h3,5-6,9-12,16H,4,7-8,13H2,1-2H3,(H,24,25). The number of amides is 1. The zero-order valence-corrected chi connectivity index (χ0v) is 16.9. The van der Waals surface area contributed by atoms with Crippen LogP contribution < -0.4 is 14.2 Å². The molecule has 0 aliphatic carbocycles. The number of carbonyl (C=O) groups excluding carboxylic acids is 1. The first kappa shape index (κ1) is 19.7. The van der Waals surface area contributed by atoms with Gasteiger partial charge in [0.2, 0.25) is 11.8 Å². The number of aromatic amines is 1. The van der Waals surface area contributed by atoms with Gasteiger partial charge in [0.1, 0.15) is 17.5 Å². The molecule has 1 N–H and O–H groups in total. The molecule has 0 spiro atoms. The number of carbonyl (C=O) groups is 1. The molecule has 3 heterocycles. The van der Waals surface area contributed by atoms with Crippen molar-refractivity contribution in [3.8, 4) is 28.8 Å². The predicted molar refractivity (Wildman–Crippen MR) is 109 cm³/mol. The highest BCUT2D eigenvalue weighted by Gasteiger charge is 2.27. The number of rotatable bonds is 6. The predicted octanol–water partition coefficient (Wildman–Crippen LogP) is 2.57. The second-order valence-corrected chi connectivity index (χ2v) is 6.93. The number of likely N-dealkylation sites (tertiary alicyclic amines) is 1. The molecule has 156 valence electrons. The van der Waals surface area contributed by atoms with Crippen molar-refractivity contribution >= 4 is 5.91 Å². The van der Waals surface area contributed by atoms with E-state index in [-0.39, 0.29) is 12.0 Å². The average molecular weight is 409 g/mol. The molecule has 9 nitrogen and oxygen atoms in total. The third-order valence-electron chi connectivity index (χ3n) is 4.93. The second kappa shape index (κ2) is 8.81. The van der Waals surface area contributed by atoms with Gasteiger partial charge >= 0.3 is 0 Å². The van der Waals surface area contributed by atoms with Gasteiger partial charge in [-0.15, -0.1) is 0 Å². The maximum Gasteiger partial charge on any atom is 0.272 e. The van der Waals surface area contributed by atoms with E-state index in [2.05, 4.69) is 20.2 Å². The van der Waals surface area contributed by atoms with Crippen LogP contribution in [0.3, 0.4) is 0 Å². The Morgan fingerprint density at radius 1 is 1.17 bits per heavy atom. The van der Waals surface area contributed by atoms with E-state index >= 15 is 0 Å². The lowest BCUT2D eigenvalue weighted by molar-refractivity contribution is 0.0520. The lowest BCUT2D eigenvalue weighted by Gasteiger charge is -2.32. The third-order valence-corrected chi connectivity index (χ3v) is 4.93. The number of nitrogens with zero attached hydrogens (tertiary/aromatic N) is 4. The molecule has 1 unspecified atom stereocenters. The van der Waals surface area contributed by atoms with E-state index in [1.165, 1.54) is 13.3 Å². The fraction of sp³-hybridized carbons (Fsp3) is 0.333. The Labute approximate surface area is 174 Å². The maximum absolute atomic E-state index is 13.0. The van der Waals surface area contributed by atoms with Crippen LogP contribution in [0.1, 0.15) is 23.3 Å². The fourth-order valence-electron chi connectivity index (χ4n) is 3.41. The number of methoxy groups -OCH3 is 2. The van der Waals surface area contributed by atoms with Crippen LogP contribution in [0.2, 0.25) is 0 Å². The lowest BCUT2D eigenvalue weighted by Crippen LogP contribution is -2.44. The Balaban J connectivity index is 1.43. The van der Waals surface area contributed by atoms with Crippen molar-refractivity contribution < 1.29 is 19.0 Å². The molecule has 4 rings (SSSR count). The molecule has 1 atom stereocenters. The van der Waals surface area contributed by atoms with E-state index in [4.69, 9.17) is 14.2 Å². The van der Waals surface area contributed by atoms with Crippen LogP contribution in [0.25, 0.3) is 11.3 Å². The van der Waals surface area contributed by atoms with Crippen LogP contribution in [0, 0.1) is 0 Å². The van der Waals surface area contributed by atoms with Crippen LogP contribution in [-0.4, -0.2) is 64.4 Å². The Bertz CT molecular complexity index is 1020. The molecule has 1 fully saturated rings. The zero-order chi connectivity index (χ0) is 20.9. The minimum atomic E-state index is -0.162. The monoisotopic (exact) mass is 409 g/mol. The number of nitrogens with one attached hydrogen (secondary N) is 1. The van der Waals surface area contributed by atoms with Gasteiger partial charge in [-0.2, -0.15) is 10.1 Å². The lowest BCUT2D eigenvalue weighted by atomic mass is 10.1. The summed E-state index contributed by atoms with van der Waals surface area (Å²) in [6, 6.07) is 9.31. The summed E-state index contributed by atoms with van der Waals surface area (Å²) < 4.78 is 16.3. The summed E-state index contributed by atoms with van der Waals surface area (Å²) in [6.07, 6.45) is 4.57. The highest BCUT2D eigenvalue weighted by Crippen LogP contribution is 2.24. The number of ether oxygens (including phenoxy) is 3. The van der Waals surface area contributed by atoms with E-state index in [0.29, 0.717) is 36.2 Å². The normalized spacial score (nSPS) is 16.2. The van der Waals surface area contributed by atoms with Gasteiger partial charge in [0.25, 0.3) is 5.91 Å². The van der Waals surface area contributed by atoms with E-state index in [1.807, 2.05) is 24.3 Å². The SMILES string of the molecule is COc1cccc(-c2cc(C(=O)N3CCCC(Oc4cncc(OC)n4)C3)[nH]n2)c1. The van der Waals surface area contributed by atoms with Crippen molar-refractivity contribution in [2.75, 3.05) is 27.3 Å². The first-order valence-corrected chi connectivity index (χ1v) is 9.68. The van der Waals surface area contributed by atoms with Crippen molar-refractivity contribution in [3.05, 3.63) is 48.4 Å². The third kappa shape index (κ3) is 4.35. The van der Waals surface area contributed by atoms with Crippen LogP contribution >= 0.6 is 0 Å². The molecule has 0 bridgehead atoms. The van der Waals surface area contributed by atoms with Gasteiger partial charge < -0.3 is 19.1 Å². The smallest absolute Gasteiger partial charge is 0.272 e. The van der Waals surface area contributed by atoms with Gasteiger partial charge in [-0.25, -0.2) is 0 Å². The first-order valence-electron chi connectivity index (χ1n) is 9.68. The maximum atomic E-state index is 13.0. The number of aromatic nitrogens is 4. The number of hydrogen-bond donors (Lipinski definition) is 1. The summed E-state index contributed by atoms with van der Waals surface area (Å²) in [4.78, 5) is 23.0. The fourth-order valence-corrected chi connectivity index (χ4v) is 3.41. The minimum Gasteiger partial charge on any atom is -0.497 e. The summed E-state index contributed by atoms with van der Waals surface area (Å²) in [6.45, 7) is 1.13. The number of hydrogen-bond acceptors (Lipinski definition) is 7. The van der Waals surface area contributed by atoms with E-state index in [9.17, 15) is 4.79 Å². The molecule has 3 aromatic rings. The topological polar surface area (TPSA) is 102 Å². The highest BCUT2D eigenvalue weighted by molar-refractivity contribution is 5.93. The summed E-state index contributed by atoms with van der Waals surface area (Å²) in [5.74, 6) is 1.40.